The minimum Gasteiger partial charge on any atom is -0.491 e. The Hall–Kier alpha value is -1.49. The number of rotatable bonds is 2. The van der Waals surface area contributed by atoms with E-state index in [2.05, 4.69) is 15.9 Å². The Morgan fingerprint density at radius 3 is 2.52 bits per heavy atom. The monoisotopic (exact) mass is 353 g/mol. The first kappa shape index (κ1) is 15.9. The van der Waals surface area contributed by atoms with Gasteiger partial charge in [0.1, 0.15) is 11.4 Å². The zero-order valence-electron chi connectivity index (χ0n) is 12.9. The topological polar surface area (TPSA) is 40.5 Å². The van der Waals surface area contributed by atoms with Crippen molar-refractivity contribution in [2.75, 3.05) is 0 Å². The van der Waals surface area contributed by atoms with E-state index in [9.17, 15) is 4.79 Å². The summed E-state index contributed by atoms with van der Waals surface area (Å²) in [6, 6.07) is 5.65. The van der Waals surface area contributed by atoms with Crippen molar-refractivity contribution in [2.24, 2.45) is 0 Å². The first-order valence-corrected chi connectivity index (χ1v) is 7.67. The lowest BCUT2D eigenvalue weighted by Gasteiger charge is -2.20. The molecule has 0 aliphatic rings. The van der Waals surface area contributed by atoms with E-state index < -0.39 is 11.7 Å². The highest BCUT2D eigenvalue weighted by molar-refractivity contribution is 9.10. The van der Waals surface area contributed by atoms with E-state index in [-0.39, 0.29) is 6.10 Å². The Kier molecular flexibility index (Phi) is 4.33. The minimum atomic E-state index is -0.527. The van der Waals surface area contributed by atoms with Crippen molar-refractivity contribution < 1.29 is 14.3 Å². The van der Waals surface area contributed by atoms with Gasteiger partial charge in [-0.1, -0.05) is 0 Å². The molecule has 0 radical (unpaired) electrons. The van der Waals surface area contributed by atoms with Crippen LogP contribution in [0.4, 0.5) is 4.79 Å². The van der Waals surface area contributed by atoms with Crippen molar-refractivity contribution in [1.29, 1.82) is 0 Å². The molecule has 0 spiro atoms. The predicted molar refractivity (Wildman–Crippen MR) is 87.0 cm³/mol. The Labute approximate surface area is 133 Å². The smallest absolute Gasteiger partial charge is 0.419 e. The lowest BCUT2D eigenvalue weighted by atomic mass is 10.2. The number of fused-ring (bicyclic) bond motifs is 1. The summed E-state index contributed by atoms with van der Waals surface area (Å²) in [5.74, 6) is 0.770. The van der Waals surface area contributed by atoms with Crippen molar-refractivity contribution in [2.45, 2.75) is 46.3 Å². The van der Waals surface area contributed by atoms with E-state index in [1.165, 1.54) is 4.57 Å². The number of hydrogen-bond acceptors (Lipinski definition) is 3. The molecule has 114 valence electrons. The summed E-state index contributed by atoms with van der Waals surface area (Å²) in [5, 5.41) is 0.922. The second-order valence-electron chi connectivity index (χ2n) is 6.18. The number of carbonyl (C=O) groups excluding carboxylic acids is 1. The summed E-state index contributed by atoms with van der Waals surface area (Å²) in [7, 11) is 0. The fraction of sp³-hybridized carbons (Fsp3) is 0.438. The summed E-state index contributed by atoms with van der Waals surface area (Å²) < 4.78 is 13.4. The SMILES string of the molecule is CC(C)Oc1cc(Br)c2c(ccn2C(=O)OC(C)(C)C)c1. The number of carbonyl (C=O) groups is 1. The first-order chi connectivity index (χ1) is 9.67. The Balaban J connectivity index is 2.42. The van der Waals surface area contributed by atoms with Crippen LogP contribution in [0.2, 0.25) is 0 Å². The fourth-order valence-electron chi connectivity index (χ4n) is 2.01. The molecule has 0 amide bonds. The number of benzene rings is 1. The minimum absolute atomic E-state index is 0.0993. The van der Waals surface area contributed by atoms with Gasteiger partial charge in [0.15, 0.2) is 0 Å². The number of aromatic nitrogens is 1. The Morgan fingerprint density at radius 2 is 1.95 bits per heavy atom. The van der Waals surface area contributed by atoms with Crippen molar-refractivity contribution in [3.05, 3.63) is 28.9 Å². The molecule has 1 heterocycles. The Bertz CT molecular complexity index is 668. The highest BCUT2D eigenvalue weighted by Crippen LogP contribution is 2.31. The highest BCUT2D eigenvalue weighted by Gasteiger charge is 2.20. The molecule has 0 bridgehead atoms. The molecule has 0 saturated carbocycles. The summed E-state index contributed by atoms with van der Waals surface area (Å²) in [4.78, 5) is 12.2. The van der Waals surface area contributed by atoms with Gasteiger partial charge >= 0.3 is 6.09 Å². The molecular formula is C16H20BrNO3. The molecule has 0 N–H and O–H groups in total. The molecule has 0 aliphatic heterocycles. The lowest BCUT2D eigenvalue weighted by Crippen LogP contribution is -2.26. The van der Waals surface area contributed by atoms with Gasteiger partial charge < -0.3 is 9.47 Å². The van der Waals surface area contributed by atoms with E-state index in [1.807, 2.05) is 52.8 Å². The maximum atomic E-state index is 12.2. The van der Waals surface area contributed by atoms with Crippen molar-refractivity contribution in [1.82, 2.24) is 4.57 Å². The predicted octanol–water partition coefficient (Wildman–Crippen LogP) is 4.97. The van der Waals surface area contributed by atoms with Gasteiger partial charge in [0.05, 0.1) is 11.6 Å². The van der Waals surface area contributed by atoms with Gasteiger partial charge in [0.2, 0.25) is 0 Å². The third-order valence-corrected chi connectivity index (χ3v) is 3.28. The molecule has 2 rings (SSSR count). The second-order valence-corrected chi connectivity index (χ2v) is 7.03. The summed E-state index contributed by atoms with van der Waals surface area (Å²) in [6.45, 7) is 9.49. The molecule has 5 heteroatoms. The van der Waals surface area contributed by atoms with Gasteiger partial charge in [-0.2, -0.15) is 0 Å². The number of ether oxygens (including phenoxy) is 2. The van der Waals surface area contributed by atoms with Crippen LogP contribution in [0.3, 0.4) is 0 Å². The quantitative estimate of drug-likeness (QED) is 0.764. The van der Waals surface area contributed by atoms with E-state index in [1.54, 1.807) is 6.20 Å². The van der Waals surface area contributed by atoms with Gasteiger partial charge in [-0.15, -0.1) is 0 Å². The Morgan fingerprint density at radius 1 is 1.29 bits per heavy atom. The van der Waals surface area contributed by atoms with Crippen LogP contribution in [-0.2, 0) is 4.74 Å². The average molecular weight is 354 g/mol. The average Bonchev–Trinajstić information content (AvgIpc) is 2.69. The van der Waals surface area contributed by atoms with Crippen LogP contribution in [0.5, 0.6) is 5.75 Å². The summed E-state index contributed by atoms with van der Waals surface area (Å²) >= 11 is 3.51. The fourth-order valence-corrected chi connectivity index (χ4v) is 2.65. The molecule has 2 aromatic rings. The second kappa shape index (κ2) is 5.72. The first-order valence-electron chi connectivity index (χ1n) is 6.88. The van der Waals surface area contributed by atoms with Crippen LogP contribution in [-0.4, -0.2) is 22.4 Å². The van der Waals surface area contributed by atoms with Gasteiger partial charge in [0.25, 0.3) is 0 Å². The number of halogens is 1. The van der Waals surface area contributed by atoms with Gasteiger partial charge in [-0.05, 0) is 68.7 Å². The molecule has 4 nitrogen and oxygen atoms in total. The van der Waals surface area contributed by atoms with Crippen LogP contribution in [0.15, 0.2) is 28.9 Å². The van der Waals surface area contributed by atoms with Crippen LogP contribution in [0.25, 0.3) is 10.9 Å². The molecule has 0 unspecified atom stereocenters. The lowest BCUT2D eigenvalue weighted by molar-refractivity contribution is 0.0544. The zero-order valence-corrected chi connectivity index (χ0v) is 14.5. The molecule has 0 aliphatic carbocycles. The zero-order chi connectivity index (χ0) is 15.8. The highest BCUT2D eigenvalue weighted by atomic mass is 79.9. The molecule has 0 atom stereocenters. The molecule has 0 saturated heterocycles. The largest absolute Gasteiger partial charge is 0.491 e. The number of nitrogens with zero attached hydrogens (tertiary/aromatic N) is 1. The van der Waals surface area contributed by atoms with E-state index in [0.717, 1.165) is 21.1 Å². The molecule has 1 aromatic carbocycles. The van der Waals surface area contributed by atoms with Gasteiger partial charge in [0, 0.05) is 16.1 Å². The maximum Gasteiger partial charge on any atom is 0.419 e. The third kappa shape index (κ3) is 3.79. The van der Waals surface area contributed by atoms with Crippen LogP contribution in [0, 0.1) is 0 Å². The molecule has 21 heavy (non-hydrogen) atoms. The molecule has 1 aromatic heterocycles. The molecular weight excluding hydrogens is 334 g/mol. The number of hydrogen-bond donors (Lipinski definition) is 0. The van der Waals surface area contributed by atoms with Gasteiger partial charge in [-0.3, -0.25) is 4.57 Å². The van der Waals surface area contributed by atoms with Crippen molar-refractivity contribution in [3.8, 4) is 5.75 Å². The van der Waals surface area contributed by atoms with E-state index in [4.69, 9.17) is 9.47 Å². The van der Waals surface area contributed by atoms with Crippen molar-refractivity contribution >= 4 is 32.9 Å². The van der Waals surface area contributed by atoms with Crippen LogP contribution < -0.4 is 4.74 Å². The van der Waals surface area contributed by atoms with E-state index in [0.29, 0.717) is 0 Å². The normalized spacial score (nSPS) is 12.0. The van der Waals surface area contributed by atoms with Crippen LogP contribution in [0.1, 0.15) is 34.6 Å². The van der Waals surface area contributed by atoms with E-state index >= 15 is 0 Å². The maximum absolute atomic E-state index is 12.2. The third-order valence-electron chi connectivity index (χ3n) is 2.67. The van der Waals surface area contributed by atoms with Gasteiger partial charge in [-0.25, -0.2) is 4.79 Å². The molecule has 0 fully saturated rings. The summed E-state index contributed by atoms with van der Waals surface area (Å²) in [6.07, 6.45) is 1.42. The standard InChI is InChI=1S/C16H20BrNO3/c1-10(2)20-12-8-11-6-7-18(14(11)13(17)9-12)15(19)21-16(3,4)5/h6-10H,1-5H3. The summed E-state index contributed by atoms with van der Waals surface area (Å²) in [5.41, 5.74) is 0.251. The van der Waals surface area contributed by atoms with Crippen LogP contribution >= 0.6 is 15.9 Å². The van der Waals surface area contributed by atoms with Crippen molar-refractivity contribution in [3.63, 3.8) is 0 Å².